The van der Waals surface area contributed by atoms with Gasteiger partial charge in [0.2, 0.25) is 0 Å². The van der Waals surface area contributed by atoms with E-state index in [0.717, 1.165) is 25.7 Å². The zero-order valence-corrected chi connectivity index (χ0v) is 18.4. The summed E-state index contributed by atoms with van der Waals surface area (Å²) in [5.41, 5.74) is 0. The molecule has 0 aromatic rings. The third kappa shape index (κ3) is 96.6. The predicted octanol–water partition coefficient (Wildman–Crippen LogP) is -3.69. The number of unbranched alkanes of at least 4 members (excludes halogenated alkanes) is 8. The minimum absolute atomic E-state index is 0. The van der Waals surface area contributed by atoms with Gasteiger partial charge in [-0.3, -0.25) is 4.79 Å². The lowest BCUT2D eigenvalue weighted by Crippen LogP contribution is -2.33. The SMILES string of the molecule is CCCCC/C=C\C/C=C\CCCCCCCC(=O)O.O.O.O.O.O[Si](O)(O)O.[MgH2].[MgH2].[MgH2].[MgH2]. The van der Waals surface area contributed by atoms with Gasteiger partial charge in [0.1, 0.15) is 0 Å². The molecular formula is C18H52Mg4O10Si. The average molecular weight is 554 g/mol. The molecule has 0 saturated heterocycles. The molecule has 0 saturated carbocycles. The van der Waals surface area contributed by atoms with Crippen molar-refractivity contribution in [2.24, 2.45) is 0 Å². The first-order chi connectivity index (χ1) is 11.8. The molecule has 196 valence electrons. The van der Waals surface area contributed by atoms with E-state index in [1.54, 1.807) is 0 Å². The Balaban J connectivity index is -0.0000000461. The van der Waals surface area contributed by atoms with Gasteiger partial charge in [-0.25, -0.2) is 0 Å². The van der Waals surface area contributed by atoms with Crippen LogP contribution in [-0.2, 0) is 4.79 Å². The zero-order valence-electron chi connectivity index (χ0n) is 17.4. The van der Waals surface area contributed by atoms with E-state index < -0.39 is 15.0 Å². The van der Waals surface area contributed by atoms with Gasteiger partial charge in [0.05, 0.1) is 0 Å². The van der Waals surface area contributed by atoms with E-state index in [2.05, 4.69) is 31.2 Å². The summed E-state index contributed by atoms with van der Waals surface area (Å²) < 4.78 is 0. The van der Waals surface area contributed by atoms with Crippen molar-refractivity contribution in [2.45, 2.75) is 84.0 Å². The van der Waals surface area contributed by atoms with Crippen LogP contribution in [0.5, 0.6) is 0 Å². The smallest absolute Gasteiger partial charge is 0.481 e. The number of rotatable bonds is 14. The van der Waals surface area contributed by atoms with Crippen LogP contribution in [0, 0.1) is 0 Å². The Bertz CT molecular complexity index is 369. The van der Waals surface area contributed by atoms with Crippen molar-refractivity contribution in [3.8, 4) is 0 Å². The Morgan fingerprint density at radius 1 is 0.636 bits per heavy atom. The molecule has 0 heterocycles. The van der Waals surface area contributed by atoms with E-state index in [1.165, 1.54) is 44.9 Å². The van der Waals surface area contributed by atoms with E-state index in [-0.39, 0.29) is 114 Å². The number of carbonyl (C=O) groups is 1. The van der Waals surface area contributed by atoms with Gasteiger partial charge in [-0.15, -0.1) is 0 Å². The highest BCUT2D eigenvalue weighted by Gasteiger charge is 2.22. The summed E-state index contributed by atoms with van der Waals surface area (Å²) in [6.07, 6.45) is 22.3. The Morgan fingerprint density at radius 3 is 1.33 bits per heavy atom. The first kappa shape index (κ1) is 64.7. The predicted molar refractivity (Wildman–Crippen MR) is 150 cm³/mol. The largest absolute Gasteiger partial charge is 0.668 e. The molecule has 15 heteroatoms. The van der Waals surface area contributed by atoms with Crippen LogP contribution in [0.1, 0.15) is 84.0 Å². The molecule has 0 rings (SSSR count). The molecular weight excluding hydrogens is 501 g/mol. The van der Waals surface area contributed by atoms with E-state index in [9.17, 15) is 4.79 Å². The Labute approximate surface area is 264 Å². The van der Waals surface area contributed by atoms with Gasteiger partial charge in [0.15, 0.2) is 0 Å². The molecule has 0 aliphatic carbocycles. The summed E-state index contributed by atoms with van der Waals surface area (Å²) in [6, 6.07) is 0. The van der Waals surface area contributed by atoms with Crippen molar-refractivity contribution < 1.29 is 51.0 Å². The van der Waals surface area contributed by atoms with Gasteiger partial charge in [-0.1, -0.05) is 63.3 Å². The van der Waals surface area contributed by atoms with Crippen LogP contribution in [0.4, 0.5) is 0 Å². The van der Waals surface area contributed by atoms with E-state index in [1.807, 2.05) is 0 Å². The molecule has 0 aromatic heterocycles. The first-order valence-electron chi connectivity index (χ1n) is 9.18. The van der Waals surface area contributed by atoms with Crippen LogP contribution in [0.3, 0.4) is 0 Å². The van der Waals surface area contributed by atoms with E-state index >= 15 is 0 Å². The molecule has 0 atom stereocenters. The van der Waals surface area contributed by atoms with Crippen molar-refractivity contribution in [1.82, 2.24) is 0 Å². The molecule has 0 spiro atoms. The summed E-state index contributed by atoms with van der Waals surface area (Å²) >= 11 is 0. The molecule has 13 N–H and O–H groups in total. The van der Waals surface area contributed by atoms with Crippen molar-refractivity contribution in [2.75, 3.05) is 0 Å². The first-order valence-corrected chi connectivity index (χ1v) is 11.0. The number of aliphatic carboxylic acids is 1. The van der Waals surface area contributed by atoms with Crippen LogP contribution in [-0.4, -0.2) is 153 Å². The highest BCUT2D eigenvalue weighted by molar-refractivity contribution is 6.46. The molecule has 0 radical (unpaired) electrons. The molecule has 0 fully saturated rings. The molecule has 0 unspecified atom stereocenters. The fourth-order valence-electron chi connectivity index (χ4n) is 2.09. The number of hydrogen-bond donors (Lipinski definition) is 5. The van der Waals surface area contributed by atoms with Gasteiger partial charge in [0, 0.05) is 6.42 Å². The lowest BCUT2D eigenvalue weighted by molar-refractivity contribution is -0.137. The topological polar surface area (TPSA) is 244 Å². The second kappa shape index (κ2) is 50.7. The number of carboxylic acids is 1. The van der Waals surface area contributed by atoms with Gasteiger partial charge < -0.3 is 46.2 Å². The Morgan fingerprint density at radius 2 is 0.970 bits per heavy atom. The molecule has 0 bridgehead atoms. The van der Waals surface area contributed by atoms with Crippen LogP contribution in [0.2, 0.25) is 0 Å². The molecule has 0 aliphatic rings. The van der Waals surface area contributed by atoms with Crippen molar-refractivity contribution in [3.05, 3.63) is 24.3 Å². The molecule has 33 heavy (non-hydrogen) atoms. The maximum Gasteiger partial charge on any atom is 0.668 e. The summed E-state index contributed by atoms with van der Waals surface area (Å²) in [5.74, 6) is -0.671. The quantitative estimate of drug-likeness (QED) is 0.0822. The van der Waals surface area contributed by atoms with Crippen LogP contribution >= 0.6 is 0 Å². The highest BCUT2D eigenvalue weighted by atomic mass is 28.4. The molecule has 0 aliphatic heterocycles. The summed E-state index contributed by atoms with van der Waals surface area (Å²) in [6.45, 7) is 2.23. The van der Waals surface area contributed by atoms with Gasteiger partial charge >= 0.3 is 107 Å². The van der Waals surface area contributed by atoms with Gasteiger partial charge in [-0.2, -0.15) is 0 Å². The van der Waals surface area contributed by atoms with Gasteiger partial charge in [0.25, 0.3) is 0 Å². The lowest BCUT2D eigenvalue weighted by atomic mass is 10.1. The van der Waals surface area contributed by atoms with Crippen LogP contribution in [0.15, 0.2) is 24.3 Å². The summed E-state index contributed by atoms with van der Waals surface area (Å²) in [4.78, 5) is 39.6. The summed E-state index contributed by atoms with van der Waals surface area (Å²) in [7, 11) is -4.61. The third-order valence-electron chi connectivity index (χ3n) is 3.34. The summed E-state index contributed by atoms with van der Waals surface area (Å²) in [5, 5.41) is 8.50. The highest BCUT2D eigenvalue weighted by Crippen LogP contribution is 2.08. The fourth-order valence-corrected chi connectivity index (χ4v) is 2.09. The zero-order chi connectivity index (χ0) is 19.4. The van der Waals surface area contributed by atoms with E-state index in [4.69, 9.17) is 24.3 Å². The monoisotopic (exact) mass is 552 g/mol. The van der Waals surface area contributed by atoms with Crippen molar-refractivity contribution in [1.29, 1.82) is 0 Å². The minimum Gasteiger partial charge on any atom is -0.481 e. The second-order valence-corrected chi connectivity index (χ2v) is 7.17. The van der Waals surface area contributed by atoms with Crippen molar-refractivity contribution in [3.63, 3.8) is 0 Å². The van der Waals surface area contributed by atoms with Crippen molar-refractivity contribution >= 4 is 107 Å². The second-order valence-electron chi connectivity index (χ2n) is 5.97. The lowest BCUT2D eigenvalue weighted by Gasteiger charge is -1.98. The van der Waals surface area contributed by atoms with Crippen LogP contribution < -0.4 is 0 Å². The van der Waals surface area contributed by atoms with E-state index in [0.29, 0.717) is 6.42 Å². The van der Waals surface area contributed by atoms with Gasteiger partial charge in [-0.05, 0) is 38.5 Å². The maximum atomic E-state index is 10.3. The number of carboxylic acid groups (broad SMARTS) is 1. The Kier molecular flexibility index (Phi) is 99.4. The van der Waals surface area contributed by atoms with Crippen LogP contribution in [0.25, 0.3) is 0 Å². The molecule has 0 amide bonds. The number of allylic oxidation sites excluding steroid dienone is 4. The maximum absolute atomic E-state index is 10.3. The molecule has 0 aromatic carbocycles. The fraction of sp³-hybridized carbons (Fsp3) is 0.722. The third-order valence-corrected chi connectivity index (χ3v) is 3.34. The standard InChI is InChI=1S/C18H32O2.4Mg.H4O4Si.4H2O.8H/c1-2-3-4-5-6-7-8-9-10-11-12-13-14-15-16-17-18(19)20;;;;;1-5(2,3)4;;;;;;;;;;;;/h6-7,9-10H,2-5,8,11-17H2,1H3,(H,19,20);;;;;1-4H;4*1H2;;;;;;;;/b7-6-,10-9-;;;;;;;;;;;;;;;;;. The Hall–Kier alpha value is 1.91. The molecule has 10 nitrogen and oxygen atoms in total. The average Bonchev–Trinajstić information content (AvgIpc) is 2.49. The minimum atomic E-state index is -4.61. The normalized spacial score (nSPS) is 8.88. The number of hydrogen-bond acceptors (Lipinski definition) is 5.